The average Bonchev–Trinajstić information content (AvgIpc) is 3.30. The van der Waals surface area contributed by atoms with Crippen LogP contribution in [0.3, 0.4) is 0 Å². The van der Waals surface area contributed by atoms with Crippen molar-refractivity contribution >= 4 is 28.2 Å². The number of Topliss-reactive ketones (excluding diaryl/α,β-unsaturated/α-hetero) is 1. The fraction of sp³-hybridized carbons (Fsp3) is 0.167. The minimum atomic E-state index is -3.19. The molecule has 4 aromatic rings. The number of nitrogens with one attached hydrogen (secondary N) is 1. The summed E-state index contributed by atoms with van der Waals surface area (Å²) in [6, 6.07) is 8.13. The molecule has 3 aromatic heterocycles. The number of aromatic nitrogens is 4. The van der Waals surface area contributed by atoms with Gasteiger partial charge in [-0.1, -0.05) is 11.2 Å². The van der Waals surface area contributed by atoms with E-state index in [1.165, 1.54) is 37.5 Å². The quantitative estimate of drug-likeness (QED) is 0.299. The standard InChI is InChI=1S/C24H18F3N5O4S/c1-12-8-16(20-18(25)4-3-5-19(20)36-22(26)27)17(10-28-12)21(34)30-23-31-32-24(37-23)35-11-15-7-6-14(9-29-15)13(2)33/h3-10,22H,11H2,1-2H3,(H,30,31,34). The number of benzene rings is 1. The second kappa shape index (κ2) is 11.1. The van der Waals surface area contributed by atoms with Crippen LogP contribution in [0.25, 0.3) is 11.1 Å². The first kappa shape index (κ1) is 25.7. The summed E-state index contributed by atoms with van der Waals surface area (Å²) in [5.74, 6) is -2.11. The van der Waals surface area contributed by atoms with Crippen molar-refractivity contribution in [2.45, 2.75) is 27.1 Å². The predicted molar refractivity (Wildman–Crippen MR) is 127 cm³/mol. The third-order valence-corrected chi connectivity index (χ3v) is 5.70. The molecule has 4 rings (SSSR count). The van der Waals surface area contributed by atoms with Gasteiger partial charge < -0.3 is 9.47 Å². The van der Waals surface area contributed by atoms with Crippen LogP contribution in [0.1, 0.15) is 39.0 Å². The molecule has 3 heterocycles. The van der Waals surface area contributed by atoms with Gasteiger partial charge in [-0.2, -0.15) is 8.78 Å². The number of hydrogen-bond acceptors (Lipinski definition) is 9. The summed E-state index contributed by atoms with van der Waals surface area (Å²) in [4.78, 5) is 32.6. The van der Waals surface area contributed by atoms with Gasteiger partial charge in [-0.25, -0.2) is 4.39 Å². The van der Waals surface area contributed by atoms with Gasteiger partial charge in [0.25, 0.3) is 11.1 Å². The molecular formula is C24H18F3N5O4S. The number of nitrogens with zero attached hydrogens (tertiary/aromatic N) is 4. The van der Waals surface area contributed by atoms with Gasteiger partial charge in [0, 0.05) is 29.2 Å². The molecule has 0 aliphatic carbocycles. The highest BCUT2D eigenvalue weighted by Crippen LogP contribution is 2.36. The Labute approximate surface area is 212 Å². The molecule has 1 amide bonds. The molecule has 0 aliphatic heterocycles. The van der Waals surface area contributed by atoms with Gasteiger partial charge in [0.1, 0.15) is 18.2 Å². The van der Waals surface area contributed by atoms with E-state index in [0.29, 0.717) is 17.0 Å². The molecule has 0 radical (unpaired) electrons. The van der Waals surface area contributed by atoms with Crippen molar-refractivity contribution in [3.8, 4) is 22.1 Å². The van der Waals surface area contributed by atoms with Crippen molar-refractivity contribution in [2.75, 3.05) is 5.32 Å². The first-order valence-electron chi connectivity index (χ1n) is 10.6. The van der Waals surface area contributed by atoms with Crippen LogP contribution in [-0.4, -0.2) is 38.5 Å². The number of amides is 1. The highest BCUT2D eigenvalue weighted by Gasteiger charge is 2.23. The summed E-state index contributed by atoms with van der Waals surface area (Å²) in [7, 11) is 0. The molecule has 0 saturated heterocycles. The van der Waals surface area contributed by atoms with E-state index in [0.717, 1.165) is 17.4 Å². The van der Waals surface area contributed by atoms with E-state index in [9.17, 15) is 22.8 Å². The molecule has 0 aliphatic rings. The van der Waals surface area contributed by atoms with Gasteiger partial charge in [-0.15, -0.1) is 5.10 Å². The van der Waals surface area contributed by atoms with Crippen molar-refractivity contribution in [1.29, 1.82) is 0 Å². The van der Waals surface area contributed by atoms with Crippen LogP contribution in [0.5, 0.6) is 10.9 Å². The number of rotatable bonds is 9. The fourth-order valence-corrected chi connectivity index (χ4v) is 3.83. The molecule has 1 aromatic carbocycles. The van der Waals surface area contributed by atoms with E-state index in [-0.39, 0.29) is 39.4 Å². The number of pyridine rings is 2. The fourth-order valence-electron chi connectivity index (χ4n) is 3.24. The lowest BCUT2D eigenvalue weighted by Gasteiger charge is -2.15. The summed E-state index contributed by atoms with van der Waals surface area (Å²) in [6.45, 7) is -0.0987. The van der Waals surface area contributed by atoms with Gasteiger partial charge in [-0.3, -0.25) is 24.9 Å². The summed E-state index contributed by atoms with van der Waals surface area (Å²) in [5.41, 5.74) is 1.06. The normalized spacial score (nSPS) is 10.9. The largest absolute Gasteiger partial charge is 0.462 e. The number of aryl methyl sites for hydroxylation is 1. The Kier molecular flexibility index (Phi) is 7.72. The average molecular weight is 530 g/mol. The molecule has 13 heteroatoms. The second-order valence-corrected chi connectivity index (χ2v) is 8.51. The first-order valence-corrected chi connectivity index (χ1v) is 11.5. The maximum atomic E-state index is 14.7. The third-order valence-electron chi connectivity index (χ3n) is 4.95. The Hall–Kier alpha value is -4.39. The monoisotopic (exact) mass is 529 g/mol. The van der Waals surface area contributed by atoms with Crippen LogP contribution in [0.15, 0.2) is 48.8 Å². The van der Waals surface area contributed by atoms with Crippen molar-refractivity contribution in [1.82, 2.24) is 20.2 Å². The van der Waals surface area contributed by atoms with E-state index in [2.05, 4.69) is 30.2 Å². The summed E-state index contributed by atoms with van der Waals surface area (Å²) < 4.78 is 50.6. The number of carbonyl (C=O) groups excluding carboxylic acids is 2. The smallest absolute Gasteiger partial charge is 0.387 e. The topological polar surface area (TPSA) is 116 Å². The summed E-state index contributed by atoms with van der Waals surface area (Å²) in [5, 5.41) is 10.4. The lowest BCUT2D eigenvalue weighted by Crippen LogP contribution is -2.14. The molecule has 0 spiro atoms. The Morgan fingerprint density at radius 3 is 2.62 bits per heavy atom. The first-order chi connectivity index (χ1) is 17.7. The van der Waals surface area contributed by atoms with Crippen LogP contribution >= 0.6 is 11.3 Å². The highest BCUT2D eigenvalue weighted by molar-refractivity contribution is 7.17. The van der Waals surface area contributed by atoms with E-state index >= 15 is 0 Å². The Balaban J connectivity index is 1.52. The number of anilines is 1. The van der Waals surface area contributed by atoms with Crippen LogP contribution in [0.4, 0.5) is 18.3 Å². The summed E-state index contributed by atoms with van der Waals surface area (Å²) >= 11 is 0.926. The number of ketones is 1. The van der Waals surface area contributed by atoms with E-state index < -0.39 is 24.1 Å². The number of halogens is 3. The van der Waals surface area contributed by atoms with Crippen LogP contribution in [-0.2, 0) is 6.61 Å². The lowest BCUT2D eigenvalue weighted by molar-refractivity contribution is -0.0495. The van der Waals surface area contributed by atoms with Crippen LogP contribution < -0.4 is 14.8 Å². The van der Waals surface area contributed by atoms with Crippen molar-refractivity contribution in [3.63, 3.8) is 0 Å². The molecular weight excluding hydrogens is 511 g/mol. The van der Waals surface area contributed by atoms with Gasteiger partial charge >= 0.3 is 6.61 Å². The SMILES string of the molecule is CC(=O)c1ccc(COc2nnc(NC(=O)c3cnc(C)cc3-c3c(F)cccc3OC(F)F)s2)nc1. The number of ether oxygens (including phenoxy) is 2. The Morgan fingerprint density at radius 2 is 1.92 bits per heavy atom. The second-order valence-electron chi connectivity index (χ2n) is 7.57. The lowest BCUT2D eigenvalue weighted by atomic mass is 9.98. The molecule has 9 nitrogen and oxygen atoms in total. The van der Waals surface area contributed by atoms with E-state index in [1.54, 1.807) is 19.1 Å². The zero-order chi connectivity index (χ0) is 26.5. The third kappa shape index (κ3) is 6.25. The molecule has 37 heavy (non-hydrogen) atoms. The molecule has 0 saturated carbocycles. The molecule has 1 N–H and O–H groups in total. The number of alkyl halides is 2. The van der Waals surface area contributed by atoms with E-state index in [1.807, 2.05) is 0 Å². The van der Waals surface area contributed by atoms with Gasteiger partial charge in [0.2, 0.25) is 5.13 Å². The van der Waals surface area contributed by atoms with Crippen molar-refractivity contribution in [3.05, 3.63) is 77.1 Å². The molecule has 0 bridgehead atoms. The van der Waals surface area contributed by atoms with Crippen molar-refractivity contribution in [2.24, 2.45) is 0 Å². The van der Waals surface area contributed by atoms with Crippen LogP contribution in [0, 0.1) is 12.7 Å². The molecule has 0 fully saturated rings. The molecule has 0 unspecified atom stereocenters. The van der Waals surface area contributed by atoms with Crippen molar-refractivity contribution < 1.29 is 32.2 Å². The van der Waals surface area contributed by atoms with Gasteiger partial charge in [-0.05, 0) is 55.5 Å². The minimum Gasteiger partial charge on any atom is -0.462 e. The highest BCUT2D eigenvalue weighted by atomic mass is 32.1. The Morgan fingerprint density at radius 1 is 1.11 bits per heavy atom. The predicted octanol–water partition coefficient (Wildman–Crippen LogP) is 5.08. The Bertz CT molecular complexity index is 1450. The minimum absolute atomic E-state index is 0.0137. The zero-order valence-corrected chi connectivity index (χ0v) is 20.2. The van der Waals surface area contributed by atoms with Gasteiger partial charge in [0.15, 0.2) is 5.78 Å². The van der Waals surface area contributed by atoms with Crippen LogP contribution in [0.2, 0.25) is 0 Å². The number of carbonyl (C=O) groups is 2. The maximum Gasteiger partial charge on any atom is 0.387 e. The molecule has 0 atom stereocenters. The van der Waals surface area contributed by atoms with Gasteiger partial charge in [0.05, 0.1) is 16.8 Å². The maximum absolute atomic E-state index is 14.7. The van der Waals surface area contributed by atoms with E-state index in [4.69, 9.17) is 4.74 Å². The number of hydrogen-bond donors (Lipinski definition) is 1. The zero-order valence-electron chi connectivity index (χ0n) is 19.4. The summed E-state index contributed by atoms with van der Waals surface area (Å²) in [6.07, 6.45) is 2.64. The molecule has 190 valence electrons.